The van der Waals surface area contributed by atoms with Gasteiger partial charge in [0.25, 0.3) is 0 Å². The molecule has 1 N–H and O–H groups in total. The zero-order valence-electron chi connectivity index (χ0n) is 10.0. The second-order valence-electron chi connectivity index (χ2n) is 4.57. The Kier molecular flexibility index (Phi) is 3.29. The second kappa shape index (κ2) is 4.94. The van der Waals surface area contributed by atoms with Crippen molar-refractivity contribution in [2.75, 3.05) is 0 Å². The Morgan fingerprint density at radius 2 is 2.00 bits per heavy atom. The molecule has 0 bridgehead atoms. The predicted octanol–water partition coefficient (Wildman–Crippen LogP) is 4.15. The van der Waals surface area contributed by atoms with Gasteiger partial charge in [0.2, 0.25) is 0 Å². The fourth-order valence-electron chi connectivity index (χ4n) is 2.31. The smallest absolute Gasteiger partial charge is 0.137 e. The Bertz CT molecular complexity index is 615. The van der Waals surface area contributed by atoms with Gasteiger partial charge < -0.3 is 9.84 Å². The molecule has 98 valence electrons. The average Bonchev–Trinajstić information content (AvgIpc) is 2.42. The van der Waals surface area contributed by atoms with Crippen molar-refractivity contribution in [1.82, 2.24) is 0 Å². The zero-order valence-corrected chi connectivity index (χ0v) is 11.6. The Morgan fingerprint density at radius 3 is 2.79 bits per heavy atom. The van der Waals surface area contributed by atoms with E-state index in [-0.39, 0.29) is 11.9 Å². The lowest BCUT2D eigenvalue weighted by atomic mass is 9.95. The largest absolute Gasteiger partial charge is 0.485 e. The van der Waals surface area contributed by atoms with Crippen molar-refractivity contribution in [3.05, 3.63) is 63.9 Å². The van der Waals surface area contributed by atoms with Crippen LogP contribution in [0.2, 0.25) is 0 Å². The first-order valence-electron chi connectivity index (χ1n) is 6.04. The lowest BCUT2D eigenvalue weighted by Crippen LogP contribution is -2.19. The number of fused-ring (bicyclic) bond motifs is 1. The summed E-state index contributed by atoms with van der Waals surface area (Å²) in [5.41, 5.74) is 1.65. The Balaban J connectivity index is 1.94. The van der Waals surface area contributed by atoms with Gasteiger partial charge in [-0.25, -0.2) is 4.39 Å². The van der Waals surface area contributed by atoms with Gasteiger partial charge in [-0.05, 0) is 39.7 Å². The summed E-state index contributed by atoms with van der Waals surface area (Å²) < 4.78 is 19.5. The molecule has 0 saturated carbocycles. The van der Waals surface area contributed by atoms with Gasteiger partial charge in [0.1, 0.15) is 17.7 Å². The number of para-hydroxylation sites is 1. The number of rotatable bonds is 1. The Labute approximate surface area is 119 Å². The maximum absolute atomic E-state index is 13.2. The molecule has 0 aromatic heterocycles. The summed E-state index contributed by atoms with van der Waals surface area (Å²) in [6, 6.07) is 12.2. The van der Waals surface area contributed by atoms with E-state index in [1.807, 2.05) is 24.3 Å². The highest BCUT2D eigenvalue weighted by Crippen LogP contribution is 2.40. The van der Waals surface area contributed by atoms with Crippen LogP contribution < -0.4 is 4.74 Å². The van der Waals surface area contributed by atoms with E-state index in [1.54, 1.807) is 12.1 Å². The summed E-state index contributed by atoms with van der Waals surface area (Å²) >= 11 is 3.17. The first-order valence-corrected chi connectivity index (χ1v) is 6.83. The third kappa shape index (κ3) is 2.38. The quantitative estimate of drug-likeness (QED) is 0.854. The van der Waals surface area contributed by atoms with Gasteiger partial charge in [0.05, 0.1) is 10.6 Å². The van der Waals surface area contributed by atoms with Gasteiger partial charge >= 0.3 is 0 Å². The van der Waals surface area contributed by atoms with Crippen LogP contribution in [0, 0.1) is 5.82 Å². The molecule has 2 atom stereocenters. The molecule has 0 aliphatic carbocycles. The van der Waals surface area contributed by atoms with Crippen LogP contribution in [0.25, 0.3) is 0 Å². The normalized spacial score (nSPS) is 21.6. The predicted molar refractivity (Wildman–Crippen MR) is 73.5 cm³/mol. The standard InChI is InChI=1S/C15H12BrFO2/c16-11-7-9(5-6-12(11)17)15-8-13(18)10-3-1-2-4-14(10)19-15/h1-7,13,15,18H,8H2/t13-,15?/m0/s1. The summed E-state index contributed by atoms with van der Waals surface area (Å²) in [7, 11) is 0. The maximum atomic E-state index is 13.2. The van der Waals surface area contributed by atoms with E-state index in [0.29, 0.717) is 16.6 Å². The minimum absolute atomic E-state index is 0.262. The van der Waals surface area contributed by atoms with E-state index in [2.05, 4.69) is 15.9 Å². The number of aliphatic hydroxyl groups excluding tert-OH is 1. The summed E-state index contributed by atoms with van der Waals surface area (Å²) in [6.45, 7) is 0. The molecule has 0 radical (unpaired) electrons. The zero-order chi connectivity index (χ0) is 13.4. The third-order valence-electron chi connectivity index (χ3n) is 3.30. The van der Waals surface area contributed by atoms with E-state index in [9.17, 15) is 9.50 Å². The average molecular weight is 323 g/mol. The molecule has 4 heteroatoms. The maximum Gasteiger partial charge on any atom is 0.137 e. The molecule has 2 aromatic rings. The van der Waals surface area contributed by atoms with Crippen molar-refractivity contribution >= 4 is 15.9 Å². The molecule has 1 heterocycles. The van der Waals surface area contributed by atoms with Gasteiger partial charge in [0, 0.05) is 12.0 Å². The minimum Gasteiger partial charge on any atom is -0.485 e. The molecule has 1 unspecified atom stereocenters. The number of halogens is 2. The van der Waals surface area contributed by atoms with E-state index in [1.165, 1.54) is 6.07 Å². The Morgan fingerprint density at radius 1 is 1.21 bits per heavy atom. The number of benzene rings is 2. The topological polar surface area (TPSA) is 29.5 Å². The minimum atomic E-state index is -0.557. The van der Waals surface area contributed by atoms with Crippen LogP contribution in [-0.2, 0) is 0 Å². The van der Waals surface area contributed by atoms with Crippen LogP contribution in [0.1, 0.15) is 29.8 Å². The third-order valence-corrected chi connectivity index (χ3v) is 3.91. The fourth-order valence-corrected chi connectivity index (χ4v) is 2.71. The van der Waals surface area contributed by atoms with E-state index in [4.69, 9.17) is 4.74 Å². The second-order valence-corrected chi connectivity index (χ2v) is 5.42. The van der Waals surface area contributed by atoms with Crippen molar-refractivity contribution < 1.29 is 14.2 Å². The van der Waals surface area contributed by atoms with Crippen molar-refractivity contribution in [2.24, 2.45) is 0 Å². The van der Waals surface area contributed by atoms with Gasteiger partial charge in [-0.2, -0.15) is 0 Å². The summed E-state index contributed by atoms with van der Waals surface area (Å²) in [5.74, 6) is 0.382. The molecule has 0 fully saturated rings. The molecule has 2 nitrogen and oxygen atoms in total. The molecule has 3 rings (SSSR count). The molecule has 19 heavy (non-hydrogen) atoms. The van der Waals surface area contributed by atoms with Crippen molar-refractivity contribution in [3.8, 4) is 5.75 Å². The van der Waals surface area contributed by atoms with Crippen LogP contribution in [0.4, 0.5) is 4.39 Å². The molecule has 0 saturated heterocycles. The molecule has 2 aromatic carbocycles. The molecule has 0 spiro atoms. The first kappa shape index (κ1) is 12.6. The highest BCUT2D eigenvalue weighted by molar-refractivity contribution is 9.10. The molecule has 0 amide bonds. The summed E-state index contributed by atoms with van der Waals surface area (Å²) in [5, 5.41) is 10.2. The van der Waals surface area contributed by atoms with Crippen LogP contribution in [0.5, 0.6) is 5.75 Å². The molecular weight excluding hydrogens is 311 g/mol. The number of aliphatic hydroxyl groups is 1. The highest BCUT2D eigenvalue weighted by Gasteiger charge is 2.27. The highest BCUT2D eigenvalue weighted by atomic mass is 79.9. The lowest BCUT2D eigenvalue weighted by molar-refractivity contribution is 0.0657. The molecule has 1 aliphatic heterocycles. The van der Waals surface area contributed by atoms with Crippen molar-refractivity contribution in [2.45, 2.75) is 18.6 Å². The van der Waals surface area contributed by atoms with Crippen molar-refractivity contribution in [3.63, 3.8) is 0 Å². The molecular formula is C15H12BrFO2. The van der Waals surface area contributed by atoms with Crippen LogP contribution in [-0.4, -0.2) is 5.11 Å². The van der Waals surface area contributed by atoms with Gasteiger partial charge in [-0.3, -0.25) is 0 Å². The summed E-state index contributed by atoms with van der Waals surface area (Å²) in [6.07, 6.45) is -0.352. The van der Waals surface area contributed by atoms with Crippen molar-refractivity contribution in [1.29, 1.82) is 0 Å². The Hall–Kier alpha value is -1.39. The SMILES string of the molecule is O[C@H]1CC(c2ccc(F)c(Br)c2)Oc2ccccc21. The van der Waals surface area contributed by atoms with E-state index >= 15 is 0 Å². The fraction of sp³-hybridized carbons (Fsp3) is 0.200. The van der Waals surface area contributed by atoms with Crippen LogP contribution in [0.15, 0.2) is 46.9 Å². The van der Waals surface area contributed by atoms with E-state index < -0.39 is 6.10 Å². The number of hydrogen-bond acceptors (Lipinski definition) is 2. The van der Waals surface area contributed by atoms with Crippen LogP contribution in [0.3, 0.4) is 0 Å². The number of ether oxygens (including phenoxy) is 1. The van der Waals surface area contributed by atoms with Crippen LogP contribution >= 0.6 is 15.9 Å². The monoisotopic (exact) mass is 322 g/mol. The first-order chi connectivity index (χ1) is 9.15. The molecule has 1 aliphatic rings. The van der Waals surface area contributed by atoms with Gasteiger partial charge in [0.15, 0.2) is 0 Å². The summed E-state index contributed by atoms with van der Waals surface area (Å²) in [4.78, 5) is 0. The van der Waals surface area contributed by atoms with E-state index in [0.717, 1.165) is 11.1 Å². The van der Waals surface area contributed by atoms with Gasteiger partial charge in [-0.1, -0.05) is 24.3 Å². The number of hydrogen-bond donors (Lipinski definition) is 1. The van der Waals surface area contributed by atoms with Gasteiger partial charge in [-0.15, -0.1) is 0 Å². The lowest BCUT2D eigenvalue weighted by Gasteiger charge is -2.30.